The molecule has 2 heterocycles. The number of unbranched alkanes of at least 4 members (excludes halogenated alkanes) is 1. The average molecular weight is 438 g/mol. The number of fused-ring (bicyclic) bond motifs is 1. The summed E-state index contributed by atoms with van der Waals surface area (Å²) >= 11 is 0. The Balaban J connectivity index is 2.16. The first-order valence-electron chi connectivity index (χ1n) is 10.1. The van der Waals surface area contributed by atoms with Gasteiger partial charge in [0.15, 0.2) is 11.5 Å². The van der Waals surface area contributed by atoms with Gasteiger partial charge in [-0.15, -0.1) is 0 Å². The Morgan fingerprint density at radius 3 is 2.65 bits per heavy atom. The van der Waals surface area contributed by atoms with Crippen molar-refractivity contribution in [2.24, 2.45) is 0 Å². The van der Waals surface area contributed by atoms with E-state index < -0.39 is 35.7 Å². The predicted octanol–water partition coefficient (Wildman–Crippen LogP) is 0.655. The number of aromatic amines is 1. The second kappa shape index (κ2) is 10.2. The van der Waals surface area contributed by atoms with E-state index in [9.17, 15) is 14.4 Å². The van der Waals surface area contributed by atoms with Crippen molar-refractivity contribution in [2.75, 3.05) is 18.9 Å². The molecule has 0 saturated carbocycles. The molecule has 2 rings (SSSR count). The highest BCUT2D eigenvalue weighted by atomic mass is 16.6. The van der Waals surface area contributed by atoms with E-state index in [1.165, 1.54) is 4.57 Å². The zero-order valence-electron chi connectivity index (χ0n) is 18.2. The number of ether oxygens (including phenoxy) is 2. The zero-order valence-corrected chi connectivity index (χ0v) is 18.2. The Bertz CT molecular complexity index is 977. The Morgan fingerprint density at radius 1 is 1.32 bits per heavy atom. The van der Waals surface area contributed by atoms with E-state index in [0.717, 1.165) is 12.8 Å². The van der Waals surface area contributed by atoms with Crippen LogP contribution in [0, 0.1) is 0 Å². The minimum Gasteiger partial charge on any atom is -0.481 e. The van der Waals surface area contributed by atoms with Crippen LogP contribution in [-0.4, -0.2) is 61.4 Å². The molecular weight excluding hydrogens is 408 g/mol. The molecular formula is C19H30N6O6. The predicted molar refractivity (Wildman–Crippen MR) is 113 cm³/mol. The van der Waals surface area contributed by atoms with E-state index in [4.69, 9.17) is 20.3 Å². The Hall–Kier alpha value is -3.15. The van der Waals surface area contributed by atoms with Gasteiger partial charge in [0.05, 0.1) is 13.0 Å². The fourth-order valence-corrected chi connectivity index (χ4v) is 2.75. The van der Waals surface area contributed by atoms with Crippen LogP contribution in [-0.2, 0) is 20.9 Å². The van der Waals surface area contributed by atoms with Gasteiger partial charge in [-0.25, -0.2) is 4.79 Å². The summed E-state index contributed by atoms with van der Waals surface area (Å²) in [4.78, 5) is 46.7. The molecule has 0 fully saturated rings. The number of rotatable bonds is 11. The summed E-state index contributed by atoms with van der Waals surface area (Å²) in [5.74, 6) is -1.75. The van der Waals surface area contributed by atoms with Crippen molar-refractivity contribution >= 4 is 28.9 Å². The first kappa shape index (κ1) is 24.1. The number of hydrogen-bond acceptors (Lipinski definition) is 9. The lowest BCUT2D eigenvalue weighted by atomic mass is 10.1. The van der Waals surface area contributed by atoms with Crippen LogP contribution in [0.1, 0.15) is 47.0 Å². The van der Waals surface area contributed by atoms with Gasteiger partial charge in [-0.2, -0.15) is 9.97 Å². The lowest BCUT2D eigenvalue weighted by Crippen LogP contribution is -2.44. The van der Waals surface area contributed by atoms with E-state index >= 15 is 0 Å². The number of carbonyl (C=O) groups is 2. The van der Waals surface area contributed by atoms with Gasteiger partial charge < -0.3 is 30.6 Å². The second-order valence-electron chi connectivity index (χ2n) is 8.01. The molecule has 0 aliphatic rings. The number of H-pyrrole nitrogens is 1. The van der Waals surface area contributed by atoms with Gasteiger partial charge in [0.1, 0.15) is 17.2 Å². The number of aliphatic carboxylic acids is 1. The first-order chi connectivity index (χ1) is 14.5. The molecule has 12 nitrogen and oxygen atoms in total. The molecule has 0 saturated heterocycles. The highest BCUT2D eigenvalue weighted by Crippen LogP contribution is 2.17. The van der Waals surface area contributed by atoms with Crippen molar-refractivity contribution in [3.63, 3.8) is 0 Å². The van der Waals surface area contributed by atoms with Crippen LogP contribution in [0.15, 0.2) is 4.79 Å². The molecule has 0 aromatic carbocycles. The molecule has 1 atom stereocenters. The van der Waals surface area contributed by atoms with Crippen LogP contribution in [0.4, 0.5) is 5.82 Å². The van der Waals surface area contributed by atoms with E-state index in [-0.39, 0.29) is 36.1 Å². The van der Waals surface area contributed by atoms with Crippen LogP contribution in [0.5, 0.6) is 6.01 Å². The zero-order chi connectivity index (χ0) is 23.2. The molecule has 31 heavy (non-hydrogen) atoms. The van der Waals surface area contributed by atoms with Crippen molar-refractivity contribution in [1.29, 1.82) is 0 Å². The standard InChI is InChI=1S/C19H30N6O6/c1-5-6-9-30-17-23-14(20)13-15(24-17)25(18(29)22-13)8-7-21-11(10-12(26)27)16(28)31-19(2,3)4/h11,21H,5-10H2,1-4H3,(H,22,29)(H,26,27)(H2,20,23,24)/t11-/m0/s1. The quantitative estimate of drug-likeness (QED) is 0.288. The molecule has 2 aromatic heterocycles. The molecule has 12 heteroatoms. The fourth-order valence-electron chi connectivity index (χ4n) is 2.75. The normalized spacial score (nSPS) is 12.6. The number of carbonyl (C=O) groups excluding carboxylic acids is 1. The minimum absolute atomic E-state index is 0.0664. The number of hydrogen-bond donors (Lipinski definition) is 4. The number of nitrogens with one attached hydrogen (secondary N) is 2. The monoisotopic (exact) mass is 438 g/mol. The Morgan fingerprint density at radius 2 is 2.03 bits per heavy atom. The van der Waals surface area contributed by atoms with Crippen LogP contribution < -0.4 is 21.5 Å². The molecule has 0 amide bonds. The van der Waals surface area contributed by atoms with Gasteiger partial charge in [0, 0.05) is 13.1 Å². The third-order valence-corrected chi connectivity index (χ3v) is 4.16. The molecule has 0 unspecified atom stereocenters. The fraction of sp³-hybridized carbons (Fsp3) is 0.632. The van der Waals surface area contributed by atoms with Crippen molar-refractivity contribution < 1.29 is 24.2 Å². The van der Waals surface area contributed by atoms with Crippen molar-refractivity contribution in [3.8, 4) is 6.01 Å². The lowest BCUT2D eigenvalue weighted by molar-refractivity contribution is -0.160. The Labute approximate surface area is 179 Å². The highest BCUT2D eigenvalue weighted by Gasteiger charge is 2.27. The Kier molecular flexibility index (Phi) is 7.97. The van der Waals surface area contributed by atoms with Crippen LogP contribution in [0.3, 0.4) is 0 Å². The summed E-state index contributed by atoms with van der Waals surface area (Å²) in [6, 6.07) is -0.998. The number of anilines is 1. The summed E-state index contributed by atoms with van der Waals surface area (Å²) in [6.45, 7) is 7.73. The topological polar surface area (TPSA) is 174 Å². The summed E-state index contributed by atoms with van der Waals surface area (Å²) in [5, 5.41) is 11.9. The smallest absolute Gasteiger partial charge is 0.327 e. The van der Waals surface area contributed by atoms with Gasteiger partial charge in [0.2, 0.25) is 0 Å². The van der Waals surface area contributed by atoms with Crippen LogP contribution in [0.25, 0.3) is 11.2 Å². The third-order valence-electron chi connectivity index (χ3n) is 4.16. The summed E-state index contributed by atoms with van der Waals surface area (Å²) in [7, 11) is 0. The number of imidazole rings is 1. The molecule has 5 N–H and O–H groups in total. The van der Waals surface area contributed by atoms with Gasteiger partial charge in [-0.1, -0.05) is 13.3 Å². The summed E-state index contributed by atoms with van der Waals surface area (Å²) in [5.41, 5.74) is 5.24. The number of nitrogens with zero attached hydrogens (tertiary/aromatic N) is 3. The average Bonchev–Trinajstić information content (AvgIpc) is 2.96. The number of esters is 1. The summed E-state index contributed by atoms with van der Waals surface area (Å²) < 4.78 is 12.1. The maximum Gasteiger partial charge on any atom is 0.327 e. The van der Waals surface area contributed by atoms with Gasteiger partial charge in [-0.05, 0) is 27.2 Å². The van der Waals surface area contributed by atoms with Crippen LogP contribution >= 0.6 is 0 Å². The molecule has 0 aliphatic heterocycles. The van der Waals surface area contributed by atoms with Gasteiger partial charge in [0.25, 0.3) is 0 Å². The lowest BCUT2D eigenvalue weighted by Gasteiger charge is -2.24. The molecule has 172 valence electrons. The molecule has 2 aromatic rings. The van der Waals surface area contributed by atoms with Gasteiger partial charge in [-0.3, -0.25) is 14.2 Å². The number of nitrogens with two attached hydrogens (primary N) is 1. The van der Waals surface area contributed by atoms with Crippen molar-refractivity contribution in [1.82, 2.24) is 24.8 Å². The first-order valence-corrected chi connectivity index (χ1v) is 10.1. The van der Waals surface area contributed by atoms with E-state index in [2.05, 4.69) is 20.3 Å². The molecule has 0 spiro atoms. The van der Waals surface area contributed by atoms with E-state index in [1.54, 1.807) is 20.8 Å². The SMILES string of the molecule is CCCCOc1nc(N)c2[nH]c(=O)n(CCN[C@@H](CC(=O)O)C(=O)OC(C)(C)C)c2n1. The summed E-state index contributed by atoms with van der Waals surface area (Å²) in [6.07, 6.45) is 1.30. The molecule has 0 aliphatic carbocycles. The van der Waals surface area contributed by atoms with Crippen molar-refractivity contribution in [3.05, 3.63) is 10.5 Å². The maximum absolute atomic E-state index is 12.4. The maximum atomic E-state index is 12.4. The van der Waals surface area contributed by atoms with Gasteiger partial charge >= 0.3 is 23.6 Å². The molecule has 0 bridgehead atoms. The molecule has 0 radical (unpaired) electrons. The van der Waals surface area contributed by atoms with Crippen LogP contribution in [0.2, 0.25) is 0 Å². The number of carboxylic acid groups (broad SMARTS) is 1. The highest BCUT2D eigenvalue weighted by molar-refractivity contribution is 5.82. The minimum atomic E-state index is -1.15. The number of aromatic nitrogens is 4. The number of carboxylic acids is 1. The number of nitrogen functional groups attached to an aromatic ring is 1. The van der Waals surface area contributed by atoms with E-state index in [1.807, 2.05) is 6.92 Å². The van der Waals surface area contributed by atoms with E-state index in [0.29, 0.717) is 6.61 Å². The van der Waals surface area contributed by atoms with Crippen molar-refractivity contribution in [2.45, 2.75) is 65.1 Å². The largest absolute Gasteiger partial charge is 0.481 e. The third kappa shape index (κ3) is 6.95. The second-order valence-corrected chi connectivity index (χ2v) is 8.01.